The normalized spacial score (nSPS) is 11.9. The second kappa shape index (κ2) is 5.21. The van der Waals surface area contributed by atoms with Crippen LogP contribution in [0.25, 0.3) is 0 Å². The third kappa shape index (κ3) is 2.80. The molecule has 102 valence electrons. The van der Waals surface area contributed by atoms with Crippen molar-refractivity contribution in [2.75, 3.05) is 5.75 Å². The van der Waals surface area contributed by atoms with Crippen LogP contribution >= 0.6 is 0 Å². The molecule has 0 fully saturated rings. The predicted octanol–water partition coefficient (Wildman–Crippen LogP) is 2.71. The van der Waals surface area contributed by atoms with Crippen LogP contribution in [0.15, 0.2) is 0 Å². The Morgan fingerprint density at radius 3 is 1.61 bits per heavy atom. The molecule has 0 N–H and O–H groups in total. The summed E-state index contributed by atoms with van der Waals surface area (Å²) in [7, 11) is -3.91. The Hall–Kier alpha value is -1.18. The Morgan fingerprint density at radius 1 is 0.833 bits per heavy atom. The molecule has 8 heteroatoms. The molecule has 0 spiro atoms. The SMILES string of the molecule is CCCS(=O)(=O)Cc1c(F)c(F)c(F)c(F)c1F. The van der Waals surface area contributed by atoms with Gasteiger partial charge in [0, 0.05) is 5.56 Å². The summed E-state index contributed by atoms with van der Waals surface area (Å²) in [6, 6.07) is 0. The highest BCUT2D eigenvalue weighted by Crippen LogP contribution is 2.24. The van der Waals surface area contributed by atoms with Crippen molar-refractivity contribution < 1.29 is 30.4 Å². The highest BCUT2D eigenvalue weighted by molar-refractivity contribution is 7.90. The van der Waals surface area contributed by atoms with Crippen LogP contribution in [0.3, 0.4) is 0 Å². The van der Waals surface area contributed by atoms with Crippen LogP contribution in [0.5, 0.6) is 0 Å². The number of halogens is 5. The lowest BCUT2D eigenvalue weighted by molar-refractivity contribution is 0.372. The summed E-state index contributed by atoms with van der Waals surface area (Å²) in [6.07, 6.45) is 0.178. The Kier molecular flexibility index (Phi) is 4.31. The van der Waals surface area contributed by atoms with Crippen molar-refractivity contribution in [3.05, 3.63) is 34.6 Å². The quantitative estimate of drug-likeness (QED) is 0.485. The van der Waals surface area contributed by atoms with Gasteiger partial charge in [-0.25, -0.2) is 30.4 Å². The number of rotatable bonds is 4. The van der Waals surface area contributed by atoms with Gasteiger partial charge in [-0.15, -0.1) is 0 Å². The first-order chi connectivity index (χ1) is 8.21. The number of sulfone groups is 1. The van der Waals surface area contributed by atoms with Crippen molar-refractivity contribution in [2.24, 2.45) is 0 Å². The van der Waals surface area contributed by atoms with Crippen LogP contribution in [0, 0.1) is 29.1 Å². The van der Waals surface area contributed by atoms with Crippen LogP contribution in [-0.2, 0) is 15.6 Å². The molecule has 0 heterocycles. The third-order valence-corrected chi connectivity index (χ3v) is 3.94. The van der Waals surface area contributed by atoms with Gasteiger partial charge in [0.15, 0.2) is 33.1 Å². The zero-order valence-electron chi connectivity index (χ0n) is 9.24. The van der Waals surface area contributed by atoms with Crippen LogP contribution in [0.4, 0.5) is 22.0 Å². The zero-order valence-corrected chi connectivity index (χ0v) is 10.1. The average Bonchev–Trinajstić information content (AvgIpc) is 2.30. The fraction of sp³-hybridized carbons (Fsp3) is 0.400. The summed E-state index contributed by atoms with van der Waals surface area (Å²) in [4.78, 5) is 0. The fourth-order valence-corrected chi connectivity index (χ4v) is 2.84. The molecular formula is C10H9F5O2S. The summed E-state index contributed by atoms with van der Waals surface area (Å²) in [5.41, 5.74) is -1.32. The maximum Gasteiger partial charge on any atom is 0.200 e. The van der Waals surface area contributed by atoms with Gasteiger partial charge in [0.05, 0.1) is 11.5 Å². The molecule has 0 aliphatic carbocycles. The molecule has 0 aromatic heterocycles. The van der Waals surface area contributed by atoms with E-state index in [0.29, 0.717) is 0 Å². The summed E-state index contributed by atoms with van der Waals surface area (Å²) in [5.74, 6) is -12.4. The number of hydrogen-bond acceptors (Lipinski definition) is 2. The Morgan fingerprint density at radius 2 is 1.22 bits per heavy atom. The van der Waals surface area contributed by atoms with E-state index in [0.717, 1.165) is 0 Å². The molecular weight excluding hydrogens is 279 g/mol. The molecule has 0 radical (unpaired) electrons. The fourth-order valence-electron chi connectivity index (χ4n) is 1.38. The largest absolute Gasteiger partial charge is 0.228 e. The molecule has 0 saturated carbocycles. The van der Waals surface area contributed by atoms with Crippen molar-refractivity contribution >= 4 is 9.84 Å². The first-order valence-electron chi connectivity index (χ1n) is 4.92. The van der Waals surface area contributed by atoms with Gasteiger partial charge in [-0.1, -0.05) is 6.92 Å². The van der Waals surface area contributed by atoms with E-state index in [1.165, 1.54) is 6.92 Å². The molecule has 0 bridgehead atoms. The van der Waals surface area contributed by atoms with Crippen molar-refractivity contribution in [3.63, 3.8) is 0 Å². The van der Waals surface area contributed by atoms with E-state index in [9.17, 15) is 30.4 Å². The standard InChI is InChI=1S/C10H9F5O2S/c1-2-3-18(16,17)4-5-6(11)8(13)10(15)9(14)7(5)12/h2-4H2,1H3. The maximum atomic E-state index is 13.2. The lowest BCUT2D eigenvalue weighted by atomic mass is 10.2. The van der Waals surface area contributed by atoms with Gasteiger partial charge >= 0.3 is 0 Å². The molecule has 0 aliphatic heterocycles. The predicted molar refractivity (Wildman–Crippen MR) is 54.0 cm³/mol. The van der Waals surface area contributed by atoms with Gasteiger partial charge in [0.2, 0.25) is 5.82 Å². The first-order valence-corrected chi connectivity index (χ1v) is 6.74. The van der Waals surface area contributed by atoms with Gasteiger partial charge in [-0.3, -0.25) is 0 Å². The van der Waals surface area contributed by atoms with Crippen molar-refractivity contribution in [3.8, 4) is 0 Å². The molecule has 0 saturated heterocycles. The Balaban J connectivity index is 3.35. The first kappa shape index (κ1) is 14.9. The maximum absolute atomic E-state index is 13.2. The minimum Gasteiger partial charge on any atom is -0.228 e. The summed E-state index contributed by atoms with van der Waals surface area (Å²) in [5, 5.41) is 0. The molecule has 0 unspecified atom stereocenters. The van der Waals surface area contributed by atoms with E-state index in [1.807, 2.05) is 0 Å². The van der Waals surface area contributed by atoms with E-state index in [1.54, 1.807) is 0 Å². The van der Waals surface area contributed by atoms with Gasteiger partial charge < -0.3 is 0 Å². The second-order valence-electron chi connectivity index (χ2n) is 3.64. The zero-order chi connectivity index (χ0) is 14.1. The topological polar surface area (TPSA) is 34.1 Å². The molecule has 1 rings (SSSR count). The monoisotopic (exact) mass is 288 g/mol. The number of hydrogen-bond donors (Lipinski definition) is 0. The highest BCUT2D eigenvalue weighted by Gasteiger charge is 2.28. The van der Waals surface area contributed by atoms with Crippen molar-refractivity contribution in [1.82, 2.24) is 0 Å². The minimum absolute atomic E-state index is 0.178. The van der Waals surface area contributed by atoms with Crippen LogP contribution in [0.1, 0.15) is 18.9 Å². The van der Waals surface area contributed by atoms with Crippen LogP contribution in [0.2, 0.25) is 0 Å². The number of benzene rings is 1. The molecule has 0 aliphatic rings. The van der Waals surface area contributed by atoms with Crippen molar-refractivity contribution in [2.45, 2.75) is 19.1 Å². The van der Waals surface area contributed by atoms with Crippen molar-refractivity contribution in [1.29, 1.82) is 0 Å². The lowest BCUT2D eigenvalue weighted by Gasteiger charge is -2.08. The lowest BCUT2D eigenvalue weighted by Crippen LogP contribution is -2.14. The summed E-state index contributed by atoms with van der Waals surface area (Å²) >= 11 is 0. The smallest absolute Gasteiger partial charge is 0.200 e. The molecule has 1 aromatic rings. The van der Waals surface area contributed by atoms with Crippen LogP contribution < -0.4 is 0 Å². The van der Waals surface area contributed by atoms with Crippen LogP contribution in [-0.4, -0.2) is 14.2 Å². The van der Waals surface area contributed by atoms with E-state index >= 15 is 0 Å². The molecule has 1 aromatic carbocycles. The van der Waals surface area contributed by atoms with Gasteiger partial charge in [-0.2, -0.15) is 0 Å². The summed E-state index contributed by atoms with van der Waals surface area (Å²) in [6.45, 7) is 1.51. The Bertz CT molecular complexity index is 539. The summed E-state index contributed by atoms with van der Waals surface area (Å²) < 4.78 is 87.4. The van der Waals surface area contributed by atoms with Gasteiger partial charge in [-0.05, 0) is 6.42 Å². The van der Waals surface area contributed by atoms with E-state index < -0.39 is 56.0 Å². The van der Waals surface area contributed by atoms with E-state index in [2.05, 4.69) is 0 Å². The third-order valence-electron chi connectivity index (χ3n) is 2.18. The molecule has 18 heavy (non-hydrogen) atoms. The van der Waals surface area contributed by atoms with Gasteiger partial charge in [0.1, 0.15) is 0 Å². The van der Waals surface area contributed by atoms with E-state index in [4.69, 9.17) is 0 Å². The van der Waals surface area contributed by atoms with Gasteiger partial charge in [0.25, 0.3) is 0 Å². The highest BCUT2D eigenvalue weighted by atomic mass is 32.2. The molecule has 0 atom stereocenters. The molecule has 0 amide bonds. The Labute approximate surface area is 100 Å². The minimum atomic E-state index is -3.91. The van der Waals surface area contributed by atoms with E-state index in [-0.39, 0.29) is 6.42 Å². The average molecular weight is 288 g/mol. The second-order valence-corrected chi connectivity index (χ2v) is 5.82. The molecule has 2 nitrogen and oxygen atoms in total.